The molecule has 0 fully saturated rings. The number of nitrogens with two attached hydrogens (primary N) is 1. The van der Waals surface area contributed by atoms with E-state index in [1.54, 1.807) is 23.5 Å². The fourth-order valence-corrected chi connectivity index (χ4v) is 2.62. The van der Waals surface area contributed by atoms with Gasteiger partial charge in [-0.3, -0.25) is 0 Å². The Hall–Kier alpha value is -0.900. The van der Waals surface area contributed by atoms with E-state index >= 15 is 0 Å². The van der Waals surface area contributed by atoms with Gasteiger partial charge in [-0.15, -0.1) is 0 Å². The molecule has 5 heteroatoms. The maximum Gasteiger partial charge on any atom is 0.0614 e. The van der Waals surface area contributed by atoms with Crippen molar-refractivity contribution in [1.29, 1.82) is 0 Å². The van der Waals surface area contributed by atoms with Crippen molar-refractivity contribution in [2.45, 2.75) is 13.0 Å². The molecule has 3 N–H and O–H groups in total. The summed E-state index contributed by atoms with van der Waals surface area (Å²) in [4.78, 5) is 0. The third kappa shape index (κ3) is 2.86. The molecule has 2 aromatic rings. The molecule has 90 valence electrons. The first-order chi connectivity index (χ1) is 8.08. The highest BCUT2D eigenvalue weighted by atomic mass is 35.5. The van der Waals surface area contributed by atoms with Crippen LogP contribution >= 0.6 is 34.5 Å². The standard InChI is InChI=1S/C12H12Cl2N2S/c1-7(8-2-3-17-6-8)16-12-5-10(14)9(13)4-11(12)15/h2-7,16H,15H2,1H3. The lowest BCUT2D eigenvalue weighted by Gasteiger charge is -2.16. The average molecular weight is 287 g/mol. The quantitative estimate of drug-likeness (QED) is 0.795. The van der Waals surface area contributed by atoms with Gasteiger partial charge in [-0.1, -0.05) is 23.2 Å². The van der Waals surface area contributed by atoms with Crippen LogP contribution in [0.25, 0.3) is 0 Å². The molecule has 0 bridgehead atoms. The molecule has 0 aliphatic heterocycles. The summed E-state index contributed by atoms with van der Waals surface area (Å²) in [7, 11) is 0. The van der Waals surface area contributed by atoms with Gasteiger partial charge in [0.05, 0.1) is 21.4 Å². The van der Waals surface area contributed by atoms with Gasteiger partial charge >= 0.3 is 0 Å². The second kappa shape index (κ2) is 5.17. The Labute approximate surface area is 114 Å². The minimum Gasteiger partial charge on any atom is -0.397 e. The Balaban J connectivity index is 2.22. The third-order valence-corrected chi connectivity index (χ3v) is 3.93. The van der Waals surface area contributed by atoms with Crippen molar-refractivity contribution in [3.63, 3.8) is 0 Å². The van der Waals surface area contributed by atoms with E-state index in [2.05, 4.69) is 23.7 Å². The maximum absolute atomic E-state index is 5.97. The number of hydrogen-bond donors (Lipinski definition) is 2. The summed E-state index contributed by atoms with van der Waals surface area (Å²) in [5, 5.41) is 8.44. The zero-order chi connectivity index (χ0) is 12.4. The summed E-state index contributed by atoms with van der Waals surface area (Å²) in [5.74, 6) is 0. The largest absolute Gasteiger partial charge is 0.397 e. The number of hydrogen-bond acceptors (Lipinski definition) is 3. The second-order valence-corrected chi connectivity index (χ2v) is 5.37. The zero-order valence-electron chi connectivity index (χ0n) is 9.21. The Morgan fingerprint density at radius 3 is 2.65 bits per heavy atom. The van der Waals surface area contributed by atoms with Crippen molar-refractivity contribution in [1.82, 2.24) is 0 Å². The van der Waals surface area contributed by atoms with Gasteiger partial charge < -0.3 is 11.1 Å². The molecular weight excluding hydrogens is 275 g/mol. The van der Waals surface area contributed by atoms with Crippen LogP contribution in [-0.2, 0) is 0 Å². The van der Waals surface area contributed by atoms with Crippen LogP contribution in [0.4, 0.5) is 11.4 Å². The molecule has 17 heavy (non-hydrogen) atoms. The molecular formula is C12H12Cl2N2S. The van der Waals surface area contributed by atoms with Crippen molar-refractivity contribution in [2.75, 3.05) is 11.1 Å². The van der Waals surface area contributed by atoms with Crippen molar-refractivity contribution in [2.24, 2.45) is 0 Å². The first-order valence-electron chi connectivity index (χ1n) is 5.11. The highest BCUT2D eigenvalue weighted by Gasteiger charge is 2.09. The fraction of sp³-hybridized carbons (Fsp3) is 0.167. The highest BCUT2D eigenvalue weighted by Crippen LogP contribution is 2.32. The van der Waals surface area contributed by atoms with E-state index in [0.717, 1.165) is 5.69 Å². The van der Waals surface area contributed by atoms with E-state index in [1.165, 1.54) is 5.56 Å². The molecule has 0 aliphatic carbocycles. The normalized spacial score (nSPS) is 12.4. The van der Waals surface area contributed by atoms with Crippen LogP contribution in [-0.4, -0.2) is 0 Å². The predicted molar refractivity (Wildman–Crippen MR) is 77.2 cm³/mol. The van der Waals surface area contributed by atoms with E-state index in [-0.39, 0.29) is 6.04 Å². The van der Waals surface area contributed by atoms with Crippen LogP contribution in [0.5, 0.6) is 0 Å². The summed E-state index contributed by atoms with van der Waals surface area (Å²) in [6.07, 6.45) is 0. The Morgan fingerprint density at radius 1 is 1.29 bits per heavy atom. The zero-order valence-corrected chi connectivity index (χ0v) is 11.5. The van der Waals surface area contributed by atoms with E-state index in [0.29, 0.717) is 15.7 Å². The minimum atomic E-state index is 0.181. The molecule has 0 spiro atoms. The molecule has 0 radical (unpaired) electrons. The number of benzene rings is 1. The highest BCUT2D eigenvalue weighted by molar-refractivity contribution is 7.08. The average Bonchev–Trinajstić information content (AvgIpc) is 2.79. The Morgan fingerprint density at radius 2 is 2.00 bits per heavy atom. The fourth-order valence-electron chi connectivity index (χ4n) is 1.53. The van der Waals surface area contributed by atoms with Crippen molar-refractivity contribution >= 4 is 45.9 Å². The van der Waals surface area contributed by atoms with Crippen molar-refractivity contribution in [3.8, 4) is 0 Å². The molecule has 2 rings (SSSR count). The first kappa shape index (κ1) is 12.6. The number of nitrogens with one attached hydrogen (secondary N) is 1. The lowest BCUT2D eigenvalue weighted by Crippen LogP contribution is -2.07. The van der Waals surface area contributed by atoms with E-state index in [4.69, 9.17) is 28.9 Å². The van der Waals surface area contributed by atoms with Crippen LogP contribution in [0.15, 0.2) is 29.0 Å². The summed E-state index contributed by atoms with van der Waals surface area (Å²) in [6.45, 7) is 2.07. The monoisotopic (exact) mass is 286 g/mol. The molecule has 1 atom stereocenters. The van der Waals surface area contributed by atoms with Gasteiger partial charge in [-0.2, -0.15) is 11.3 Å². The minimum absolute atomic E-state index is 0.181. The van der Waals surface area contributed by atoms with Gasteiger partial charge in [0.25, 0.3) is 0 Å². The summed E-state index contributed by atoms with van der Waals surface area (Å²) in [5.41, 5.74) is 8.51. The SMILES string of the molecule is CC(Nc1cc(Cl)c(Cl)cc1N)c1ccsc1. The van der Waals surface area contributed by atoms with Gasteiger partial charge in [-0.25, -0.2) is 0 Å². The smallest absolute Gasteiger partial charge is 0.0614 e. The second-order valence-electron chi connectivity index (χ2n) is 3.78. The van der Waals surface area contributed by atoms with Crippen LogP contribution < -0.4 is 11.1 Å². The molecule has 1 heterocycles. The molecule has 0 aliphatic rings. The number of rotatable bonds is 3. The van der Waals surface area contributed by atoms with Crippen LogP contribution in [0.1, 0.15) is 18.5 Å². The number of anilines is 2. The maximum atomic E-state index is 5.97. The topological polar surface area (TPSA) is 38.0 Å². The van der Waals surface area contributed by atoms with Gasteiger partial charge in [0.15, 0.2) is 0 Å². The van der Waals surface area contributed by atoms with E-state index in [9.17, 15) is 0 Å². The number of halogens is 2. The number of thiophene rings is 1. The lowest BCUT2D eigenvalue weighted by molar-refractivity contribution is 0.891. The van der Waals surface area contributed by atoms with Crippen molar-refractivity contribution < 1.29 is 0 Å². The molecule has 1 aromatic heterocycles. The predicted octanol–water partition coefficient (Wildman–Crippen LogP) is 4.81. The van der Waals surface area contributed by atoms with Gasteiger partial charge in [0.2, 0.25) is 0 Å². The van der Waals surface area contributed by atoms with Crippen molar-refractivity contribution in [3.05, 3.63) is 44.6 Å². The summed E-state index contributed by atoms with van der Waals surface area (Å²) < 4.78 is 0. The molecule has 0 saturated heterocycles. The van der Waals surface area contributed by atoms with Crippen LogP contribution in [0, 0.1) is 0 Å². The van der Waals surface area contributed by atoms with Gasteiger partial charge in [0, 0.05) is 6.04 Å². The molecule has 1 aromatic carbocycles. The van der Waals surface area contributed by atoms with E-state index < -0.39 is 0 Å². The van der Waals surface area contributed by atoms with Gasteiger partial charge in [0.1, 0.15) is 0 Å². The van der Waals surface area contributed by atoms with Gasteiger partial charge in [-0.05, 0) is 41.4 Å². The number of nitrogen functional groups attached to an aromatic ring is 1. The molecule has 0 amide bonds. The van der Waals surface area contributed by atoms with Crippen LogP contribution in [0.2, 0.25) is 10.0 Å². The molecule has 2 nitrogen and oxygen atoms in total. The summed E-state index contributed by atoms with van der Waals surface area (Å²) >= 11 is 13.5. The Kier molecular flexibility index (Phi) is 3.82. The summed E-state index contributed by atoms with van der Waals surface area (Å²) in [6, 6.07) is 5.67. The van der Waals surface area contributed by atoms with Crippen LogP contribution in [0.3, 0.4) is 0 Å². The lowest BCUT2D eigenvalue weighted by atomic mass is 10.1. The molecule has 1 unspecified atom stereocenters. The van der Waals surface area contributed by atoms with E-state index in [1.807, 2.05) is 5.38 Å². The first-order valence-corrected chi connectivity index (χ1v) is 6.81. The Bertz CT molecular complexity index is 511. The molecule has 0 saturated carbocycles. The third-order valence-electron chi connectivity index (χ3n) is 2.51.